The van der Waals surface area contributed by atoms with Crippen molar-refractivity contribution in [1.29, 1.82) is 0 Å². The van der Waals surface area contributed by atoms with Crippen LogP contribution in [-0.2, 0) is 11.2 Å². The van der Waals surface area contributed by atoms with Crippen LogP contribution < -0.4 is 4.74 Å². The Bertz CT molecular complexity index is 547. The normalized spacial score (nSPS) is 10.1. The Kier molecular flexibility index (Phi) is 4.00. The highest BCUT2D eigenvalue weighted by Crippen LogP contribution is 2.26. The van der Waals surface area contributed by atoms with E-state index in [0.29, 0.717) is 11.4 Å². The topological polar surface area (TPSA) is 26.3 Å². The van der Waals surface area contributed by atoms with Crippen molar-refractivity contribution >= 4 is 17.9 Å². The third-order valence-corrected chi connectivity index (χ3v) is 2.85. The second kappa shape index (κ2) is 5.69. The fourth-order valence-electron chi connectivity index (χ4n) is 1.68. The van der Waals surface area contributed by atoms with Gasteiger partial charge in [-0.2, -0.15) is 0 Å². The smallest absolute Gasteiger partial charge is 0.130 e. The number of carbonyl (C=O) groups excluding carboxylic acids is 1. The summed E-state index contributed by atoms with van der Waals surface area (Å²) in [7, 11) is 0. The van der Waals surface area contributed by atoms with Gasteiger partial charge in [-0.05, 0) is 48.4 Å². The van der Waals surface area contributed by atoms with Gasteiger partial charge < -0.3 is 9.53 Å². The molecule has 2 nitrogen and oxygen atoms in total. The van der Waals surface area contributed by atoms with Crippen molar-refractivity contribution in [3.05, 3.63) is 58.6 Å². The standard InChI is InChI=1S/C15H13ClO2/c1-11-10-12(8-9-17)2-7-15(11)18-14-5-3-13(16)4-6-14/h2-7,9-10H,8H2,1H3. The number of carbonyl (C=O) groups is 1. The average Bonchev–Trinajstić information content (AvgIpc) is 2.36. The summed E-state index contributed by atoms with van der Waals surface area (Å²) in [5.74, 6) is 1.53. The van der Waals surface area contributed by atoms with Crippen molar-refractivity contribution in [2.75, 3.05) is 0 Å². The van der Waals surface area contributed by atoms with E-state index in [9.17, 15) is 4.79 Å². The van der Waals surface area contributed by atoms with Gasteiger partial charge in [0, 0.05) is 11.4 Å². The zero-order chi connectivity index (χ0) is 13.0. The van der Waals surface area contributed by atoms with Crippen LogP contribution in [0.1, 0.15) is 11.1 Å². The Morgan fingerprint density at radius 1 is 1.17 bits per heavy atom. The van der Waals surface area contributed by atoms with Crippen LogP contribution in [0.3, 0.4) is 0 Å². The highest BCUT2D eigenvalue weighted by atomic mass is 35.5. The SMILES string of the molecule is Cc1cc(CC=O)ccc1Oc1ccc(Cl)cc1. The molecule has 0 aromatic heterocycles. The third-order valence-electron chi connectivity index (χ3n) is 2.60. The maximum absolute atomic E-state index is 10.4. The lowest BCUT2D eigenvalue weighted by atomic mass is 10.1. The first kappa shape index (κ1) is 12.7. The summed E-state index contributed by atoms with van der Waals surface area (Å²) in [6.45, 7) is 1.96. The Balaban J connectivity index is 2.18. The van der Waals surface area contributed by atoms with E-state index in [1.165, 1.54) is 0 Å². The monoisotopic (exact) mass is 260 g/mol. The molecule has 18 heavy (non-hydrogen) atoms. The van der Waals surface area contributed by atoms with Gasteiger partial charge in [-0.15, -0.1) is 0 Å². The molecule has 0 atom stereocenters. The number of rotatable bonds is 4. The van der Waals surface area contributed by atoms with E-state index in [-0.39, 0.29) is 0 Å². The molecule has 0 heterocycles. The van der Waals surface area contributed by atoms with Gasteiger partial charge in [0.15, 0.2) is 0 Å². The van der Waals surface area contributed by atoms with Gasteiger partial charge in [-0.1, -0.05) is 23.7 Å². The molecule has 0 saturated carbocycles. The zero-order valence-corrected chi connectivity index (χ0v) is 10.8. The second-order valence-corrected chi connectivity index (χ2v) is 4.46. The first-order valence-corrected chi connectivity index (χ1v) is 6.03. The predicted octanol–water partition coefficient (Wildman–Crippen LogP) is 4.18. The van der Waals surface area contributed by atoms with Crippen LogP contribution in [0.15, 0.2) is 42.5 Å². The third kappa shape index (κ3) is 3.11. The van der Waals surface area contributed by atoms with Gasteiger partial charge in [-0.25, -0.2) is 0 Å². The summed E-state index contributed by atoms with van der Waals surface area (Å²) >= 11 is 5.81. The molecular weight excluding hydrogens is 248 g/mol. The van der Waals surface area contributed by atoms with E-state index in [1.54, 1.807) is 12.1 Å². The molecule has 0 radical (unpaired) electrons. The molecule has 0 aliphatic carbocycles. The van der Waals surface area contributed by atoms with Gasteiger partial charge >= 0.3 is 0 Å². The van der Waals surface area contributed by atoms with Crippen LogP contribution in [0, 0.1) is 6.92 Å². The lowest BCUT2D eigenvalue weighted by Gasteiger charge is -2.09. The number of hydrogen-bond donors (Lipinski definition) is 0. The Labute approximate surface area is 111 Å². The van der Waals surface area contributed by atoms with E-state index in [2.05, 4.69) is 0 Å². The molecule has 0 fully saturated rings. The molecule has 0 spiro atoms. The molecule has 0 N–H and O–H groups in total. The molecule has 3 heteroatoms. The van der Waals surface area contributed by atoms with Gasteiger partial charge in [0.25, 0.3) is 0 Å². The fourth-order valence-corrected chi connectivity index (χ4v) is 1.80. The molecule has 2 rings (SSSR count). The summed E-state index contributed by atoms with van der Waals surface area (Å²) in [5.41, 5.74) is 2.00. The number of benzene rings is 2. The molecule has 0 amide bonds. The Morgan fingerprint density at radius 2 is 1.89 bits per heavy atom. The van der Waals surface area contributed by atoms with Gasteiger partial charge in [0.2, 0.25) is 0 Å². The maximum Gasteiger partial charge on any atom is 0.130 e. The van der Waals surface area contributed by atoms with Crippen molar-refractivity contribution in [1.82, 2.24) is 0 Å². The van der Waals surface area contributed by atoms with Crippen molar-refractivity contribution in [3.8, 4) is 11.5 Å². The molecule has 0 unspecified atom stereocenters. The molecule has 0 bridgehead atoms. The van der Waals surface area contributed by atoms with Crippen LogP contribution in [0.25, 0.3) is 0 Å². The highest BCUT2D eigenvalue weighted by Gasteiger charge is 2.03. The van der Waals surface area contributed by atoms with E-state index < -0.39 is 0 Å². The quantitative estimate of drug-likeness (QED) is 0.771. The molecule has 2 aromatic rings. The van der Waals surface area contributed by atoms with Crippen LogP contribution >= 0.6 is 11.6 Å². The lowest BCUT2D eigenvalue weighted by Crippen LogP contribution is -1.91. The minimum absolute atomic E-state index is 0.433. The van der Waals surface area contributed by atoms with Crippen LogP contribution in [-0.4, -0.2) is 6.29 Å². The molecule has 2 aromatic carbocycles. The number of ether oxygens (including phenoxy) is 1. The summed E-state index contributed by atoms with van der Waals surface area (Å²) in [6, 6.07) is 12.9. The number of aldehydes is 1. The Morgan fingerprint density at radius 3 is 2.50 bits per heavy atom. The van der Waals surface area contributed by atoms with E-state index >= 15 is 0 Å². The van der Waals surface area contributed by atoms with Gasteiger partial charge in [0.1, 0.15) is 17.8 Å². The lowest BCUT2D eigenvalue weighted by molar-refractivity contribution is -0.107. The molecule has 92 valence electrons. The Hall–Kier alpha value is -1.80. The first-order valence-electron chi connectivity index (χ1n) is 5.65. The van der Waals surface area contributed by atoms with E-state index in [4.69, 9.17) is 16.3 Å². The summed E-state index contributed by atoms with van der Waals surface area (Å²) in [4.78, 5) is 10.4. The summed E-state index contributed by atoms with van der Waals surface area (Å²) in [5, 5.41) is 0.681. The van der Waals surface area contributed by atoms with E-state index in [1.807, 2.05) is 37.3 Å². The van der Waals surface area contributed by atoms with Crippen molar-refractivity contribution in [3.63, 3.8) is 0 Å². The number of hydrogen-bond acceptors (Lipinski definition) is 2. The van der Waals surface area contributed by atoms with Crippen molar-refractivity contribution < 1.29 is 9.53 Å². The average molecular weight is 261 g/mol. The van der Waals surface area contributed by atoms with Crippen molar-refractivity contribution in [2.45, 2.75) is 13.3 Å². The largest absolute Gasteiger partial charge is 0.457 e. The van der Waals surface area contributed by atoms with Gasteiger partial charge in [-0.3, -0.25) is 0 Å². The van der Waals surface area contributed by atoms with Crippen molar-refractivity contribution in [2.24, 2.45) is 0 Å². The summed E-state index contributed by atoms with van der Waals surface area (Å²) < 4.78 is 5.75. The van der Waals surface area contributed by atoms with Crippen LogP contribution in [0.2, 0.25) is 5.02 Å². The van der Waals surface area contributed by atoms with Gasteiger partial charge in [0.05, 0.1) is 0 Å². The zero-order valence-electron chi connectivity index (χ0n) is 10.0. The van der Waals surface area contributed by atoms with Crippen LogP contribution in [0.4, 0.5) is 0 Å². The fraction of sp³-hybridized carbons (Fsp3) is 0.133. The molecule has 0 aliphatic heterocycles. The molecule has 0 aliphatic rings. The first-order chi connectivity index (χ1) is 8.69. The maximum atomic E-state index is 10.4. The van der Waals surface area contributed by atoms with E-state index in [0.717, 1.165) is 28.9 Å². The van der Waals surface area contributed by atoms with Crippen LogP contribution in [0.5, 0.6) is 11.5 Å². The number of halogens is 1. The predicted molar refractivity (Wildman–Crippen MR) is 72.5 cm³/mol. The molecular formula is C15H13ClO2. The highest BCUT2D eigenvalue weighted by molar-refractivity contribution is 6.30. The minimum Gasteiger partial charge on any atom is -0.457 e. The number of aryl methyl sites for hydroxylation is 1. The minimum atomic E-state index is 0.433. The summed E-state index contributed by atoms with van der Waals surface area (Å²) in [6.07, 6.45) is 1.33. The second-order valence-electron chi connectivity index (χ2n) is 4.03. The molecule has 0 saturated heterocycles.